The van der Waals surface area contributed by atoms with Crippen molar-refractivity contribution in [2.45, 2.75) is 115 Å². The van der Waals surface area contributed by atoms with Crippen molar-refractivity contribution in [2.75, 3.05) is 50.0 Å². The topological polar surface area (TPSA) is 576 Å². The molecule has 0 aromatic carbocycles. The Labute approximate surface area is 541 Å². The minimum Gasteiger partial charge on any atom is -0.790 e. The number of fused-ring (bicyclic) bond motifs is 2. The molecule has 522 valence electrons. The van der Waals surface area contributed by atoms with E-state index in [-0.39, 0.29) is 43.6 Å². The third kappa shape index (κ3) is 20.8. The van der Waals surface area contributed by atoms with E-state index in [9.17, 15) is 81.7 Å². The second-order valence-electron chi connectivity index (χ2n) is 21.1. The first-order chi connectivity index (χ1) is 45.6. The molecule has 45 heteroatoms. The lowest BCUT2D eigenvalue weighted by atomic mass is 10.2. The number of aliphatic hydroxyl groups excluding tert-OH is 2. The second kappa shape index (κ2) is 33.4. The van der Waals surface area contributed by atoms with Crippen LogP contribution in [0.2, 0.25) is 0 Å². The summed E-state index contributed by atoms with van der Waals surface area (Å²) in [5.74, 6) is -0.0435. The van der Waals surface area contributed by atoms with Crippen LogP contribution in [-0.4, -0.2) is 153 Å². The van der Waals surface area contributed by atoms with Crippen molar-refractivity contribution in [1.82, 2.24) is 78.1 Å². The second-order valence-corrected chi connectivity index (χ2v) is 27.0. The van der Waals surface area contributed by atoms with Gasteiger partial charge >= 0.3 is 11.4 Å². The first-order valence-electron chi connectivity index (χ1n) is 29.4. The Hall–Kier alpha value is -7.91. The van der Waals surface area contributed by atoms with Crippen LogP contribution in [0.1, 0.15) is 88.8 Å². The van der Waals surface area contributed by atoms with E-state index in [1.807, 2.05) is 14.1 Å². The number of nitrogens with one attached hydrogen (secondary N) is 6. The SMILES string of the molecule is CCCCCn1cnc2c(NCCNC(=O)/C=C/c3cn(C4CC(O)C(COP(=O)([O-])OP(=O)([O-])OP(=O)([O-])[O-])O4)c(=O)[nH]c3=O)ncnc21.CCCCCn1cnc2c(NCCNC(=O)/C=C/c3cn(C4CC(O)C(COP(=O)([O-])n5ccnc5)O4)c(=O)[nH]c3=O)ncnc21. The highest BCUT2D eigenvalue weighted by Crippen LogP contribution is 2.60. The predicted molar refractivity (Wildman–Crippen MR) is 325 cm³/mol. The van der Waals surface area contributed by atoms with E-state index in [4.69, 9.17) is 14.0 Å². The minimum absolute atomic E-state index is 0.0206. The molecule has 2 saturated heterocycles. The van der Waals surface area contributed by atoms with Gasteiger partial charge in [-0.15, -0.1) is 0 Å². The lowest BCUT2D eigenvalue weighted by molar-refractivity contribution is -0.339. The number of carbonyl (C=O) groups is 2. The standard InChI is InChI=1S/C27H35N10O8P.C24H35N8O15P3/c1-2-3-4-10-35-17-33-23-24(31-15-32-25(23)35)30-8-7-29-21(39)6-5-18-13-37(27(41)34-26(18)40)22-12-19(38)20(45-22)14-44-46(42,43)36-11-9-28-16-36;1-2-3-4-9-31-14-29-20-21(27-13-28-22(20)31)26-8-7-25-18(34)6-5-15-11-32(24(36)30-23(15)35)19-10-16(33)17(45-19)12-44-49(40,41)47-50(42,43)46-48(37,38)39/h5-6,9,11,13,15-17,19-20,22,38H,2-4,7-8,10,12,14H2,1H3,(H,29,39)(H,42,43)(H,30,31,32)(H,34,40,41);5-6,11,13-14,16-17,19,33H,2-4,7-10,12H2,1H3,(H,25,34)(H,40,41)(H,42,43)(H,26,27,28)(H,30,35,36)(H2,37,38,39)/p-5/b2*6-5+. The van der Waals surface area contributed by atoms with Crippen molar-refractivity contribution < 1.29 is 89.7 Å². The number of H-pyrrole nitrogens is 2. The molecule has 96 heavy (non-hydrogen) atoms. The third-order valence-electron chi connectivity index (χ3n) is 14.1. The van der Waals surface area contributed by atoms with Crippen LogP contribution in [0.5, 0.6) is 0 Å². The van der Waals surface area contributed by atoms with Crippen molar-refractivity contribution in [3.8, 4) is 0 Å². The summed E-state index contributed by atoms with van der Waals surface area (Å²) in [7, 11) is -22.8. The number of aliphatic hydroxyl groups is 2. The molecule has 0 bridgehead atoms. The lowest BCUT2D eigenvalue weighted by Crippen LogP contribution is -2.33. The van der Waals surface area contributed by atoms with E-state index in [2.05, 4.69) is 88.1 Å². The number of aromatic nitrogens is 14. The van der Waals surface area contributed by atoms with Gasteiger partial charge in [-0.1, -0.05) is 39.5 Å². The molecule has 9 heterocycles. The average Bonchev–Trinajstić information content (AvgIpc) is 1.91. The number of unbranched alkanes of at least 4 members (excludes halogenated alkanes) is 4. The zero-order valence-electron chi connectivity index (χ0n) is 50.9. The molecule has 9 atom stereocenters. The fourth-order valence-electron chi connectivity index (χ4n) is 9.41. The summed E-state index contributed by atoms with van der Waals surface area (Å²) in [4.78, 5) is 165. The molecular formula is C51H65N18O23P4-5. The van der Waals surface area contributed by atoms with E-state index >= 15 is 0 Å². The number of ether oxygens (including phenoxy) is 2. The normalized spacial score (nSPS) is 20.1. The highest BCUT2D eigenvalue weighted by molar-refractivity contribution is 7.64. The minimum atomic E-state index is -6.20. The molecule has 2 aliphatic rings. The van der Waals surface area contributed by atoms with Gasteiger partial charge < -0.3 is 88.2 Å². The molecule has 0 spiro atoms. The first-order valence-corrected chi connectivity index (χ1v) is 35.3. The summed E-state index contributed by atoms with van der Waals surface area (Å²) in [5, 5.41) is 32.3. The fraction of sp³-hybridized carbons (Fsp3) is 0.471. The number of amides is 2. The van der Waals surface area contributed by atoms with Gasteiger partial charge in [0, 0.05) is 89.0 Å². The van der Waals surface area contributed by atoms with Gasteiger partial charge in [0.1, 0.15) is 54.7 Å². The van der Waals surface area contributed by atoms with Crippen molar-refractivity contribution in [2.24, 2.45) is 0 Å². The maximum absolute atomic E-state index is 12.5. The molecule has 9 rings (SSSR count). The molecule has 7 aromatic rings. The molecule has 2 aliphatic heterocycles. The molecule has 0 aliphatic carbocycles. The maximum atomic E-state index is 12.5. The molecule has 2 amide bonds. The first kappa shape index (κ1) is 73.9. The number of phosphoric ester groups is 1. The summed E-state index contributed by atoms with van der Waals surface area (Å²) in [6, 6.07) is 0. The fourth-order valence-corrected chi connectivity index (χ4v) is 13.2. The Bertz CT molecular complexity index is 4340. The van der Waals surface area contributed by atoms with Gasteiger partial charge in [0.2, 0.25) is 19.6 Å². The van der Waals surface area contributed by atoms with Crippen LogP contribution in [0.3, 0.4) is 0 Å². The number of anilines is 2. The molecule has 0 saturated carbocycles. The summed E-state index contributed by atoms with van der Waals surface area (Å²) in [5.41, 5.74) is -0.976. The molecule has 9 unspecified atom stereocenters. The van der Waals surface area contributed by atoms with Crippen LogP contribution < -0.4 is 68.2 Å². The molecule has 2 fully saturated rings. The number of aryl methyl sites for hydroxylation is 2. The van der Waals surface area contributed by atoms with E-state index in [1.165, 1.54) is 37.3 Å². The molecule has 7 aromatic heterocycles. The van der Waals surface area contributed by atoms with Gasteiger partial charge in [-0.2, -0.15) is 0 Å². The quantitative estimate of drug-likeness (QED) is 0.0120. The Morgan fingerprint density at radius 3 is 1.54 bits per heavy atom. The van der Waals surface area contributed by atoms with Gasteiger partial charge in [-0.05, 0) is 25.0 Å². The van der Waals surface area contributed by atoms with Crippen molar-refractivity contribution in [3.05, 3.63) is 121 Å². The van der Waals surface area contributed by atoms with Crippen LogP contribution in [0.4, 0.5) is 11.6 Å². The van der Waals surface area contributed by atoms with Gasteiger partial charge in [0.25, 0.3) is 26.8 Å². The highest BCUT2D eigenvalue weighted by Gasteiger charge is 2.38. The number of nitrogens with zero attached hydrogens (tertiary/aromatic N) is 12. The number of aromatic amines is 2. The Morgan fingerprint density at radius 2 is 1.10 bits per heavy atom. The zero-order chi connectivity index (χ0) is 69.4. The number of hydrogen-bond donors (Lipinski definition) is 8. The summed E-state index contributed by atoms with van der Waals surface area (Å²) in [6.45, 7) is 5.23. The molecule has 41 nitrogen and oxygen atoms in total. The highest BCUT2D eigenvalue weighted by atomic mass is 31.3. The Kier molecular flexibility index (Phi) is 25.7. The van der Waals surface area contributed by atoms with Crippen LogP contribution in [0.15, 0.2) is 87.8 Å². The smallest absolute Gasteiger partial charge is 0.330 e. The summed E-state index contributed by atoms with van der Waals surface area (Å²) < 4.78 is 79.3. The number of carbonyl (C=O) groups excluding carboxylic acids is 2. The third-order valence-corrected chi connectivity index (χ3v) is 19.0. The van der Waals surface area contributed by atoms with Crippen molar-refractivity contribution >= 4 is 89.1 Å². The Balaban J connectivity index is 0.000000246. The van der Waals surface area contributed by atoms with E-state index < -0.39 is 116 Å². The number of rotatable bonds is 33. The average molecular weight is 1420 g/mol. The molecule has 0 radical (unpaired) electrons. The number of phosphoric acid groups is 3. The van der Waals surface area contributed by atoms with Crippen molar-refractivity contribution in [1.29, 1.82) is 0 Å². The van der Waals surface area contributed by atoms with E-state index in [1.54, 1.807) is 12.7 Å². The zero-order valence-corrected chi connectivity index (χ0v) is 54.5. The van der Waals surface area contributed by atoms with E-state index in [0.717, 1.165) is 101 Å². The van der Waals surface area contributed by atoms with E-state index in [0.29, 0.717) is 34.9 Å². The Morgan fingerprint density at radius 1 is 0.635 bits per heavy atom. The van der Waals surface area contributed by atoms with Crippen LogP contribution in [0.25, 0.3) is 34.5 Å². The predicted octanol–water partition coefficient (Wildman–Crippen LogP) is -2.44. The lowest BCUT2D eigenvalue weighted by Gasteiger charge is -2.37. The van der Waals surface area contributed by atoms with Crippen molar-refractivity contribution in [3.63, 3.8) is 0 Å². The van der Waals surface area contributed by atoms with Crippen LogP contribution in [-0.2, 0) is 68.1 Å². The summed E-state index contributed by atoms with van der Waals surface area (Å²) >= 11 is 0. The maximum Gasteiger partial charge on any atom is 0.330 e. The van der Waals surface area contributed by atoms with Gasteiger partial charge in [-0.3, -0.25) is 60.6 Å². The van der Waals surface area contributed by atoms with Gasteiger partial charge in [0.15, 0.2) is 22.9 Å². The largest absolute Gasteiger partial charge is 0.790 e. The monoisotopic (exact) mass is 1420 g/mol. The van der Waals surface area contributed by atoms with Gasteiger partial charge in [0.05, 0.1) is 57.0 Å². The molecule has 8 N–H and O–H groups in total. The number of imidazole rings is 3. The summed E-state index contributed by atoms with van der Waals surface area (Å²) in [6.07, 6.45) is 14.9. The molecular weight excluding hydrogens is 1360 g/mol. The number of hydrogen-bond acceptors (Lipinski definition) is 32. The van der Waals surface area contributed by atoms with Crippen LogP contribution >= 0.6 is 31.2 Å². The van der Waals surface area contributed by atoms with Crippen LogP contribution in [0, 0.1) is 0 Å². The van der Waals surface area contributed by atoms with Gasteiger partial charge in [-0.25, -0.2) is 48.8 Å².